The summed E-state index contributed by atoms with van der Waals surface area (Å²) in [6.07, 6.45) is 0. The SMILES string of the molecule is COc1ccc(C)cc1N(CC(=O)Nc1cc(Cl)ccc1C)C(C)=O. The molecule has 0 aromatic heterocycles. The van der Waals surface area contributed by atoms with E-state index < -0.39 is 0 Å². The summed E-state index contributed by atoms with van der Waals surface area (Å²) in [4.78, 5) is 26.0. The molecule has 2 amide bonds. The lowest BCUT2D eigenvalue weighted by Gasteiger charge is -2.23. The highest BCUT2D eigenvalue weighted by Crippen LogP contribution is 2.29. The summed E-state index contributed by atoms with van der Waals surface area (Å²) in [5, 5.41) is 3.33. The molecule has 0 aliphatic carbocycles. The van der Waals surface area contributed by atoms with Crippen molar-refractivity contribution >= 4 is 34.8 Å². The largest absolute Gasteiger partial charge is 0.495 e. The number of carbonyl (C=O) groups is 2. The standard InChI is InChI=1S/C19H21ClN2O3/c1-12-5-8-18(25-4)17(9-12)22(14(3)23)11-19(24)21-16-10-15(20)7-6-13(16)2/h5-10H,11H2,1-4H3,(H,21,24). The van der Waals surface area contributed by atoms with Gasteiger partial charge in [-0.2, -0.15) is 0 Å². The topological polar surface area (TPSA) is 58.6 Å². The number of nitrogens with zero attached hydrogens (tertiary/aromatic N) is 1. The molecular formula is C19H21ClN2O3. The van der Waals surface area contributed by atoms with Crippen LogP contribution in [0.25, 0.3) is 0 Å². The zero-order valence-electron chi connectivity index (χ0n) is 14.7. The Kier molecular flexibility index (Phi) is 6.04. The number of halogens is 1. The first kappa shape index (κ1) is 18.8. The monoisotopic (exact) mass is 360 g/mol. The Bertz CT molecular complexity index is 805. The smallest absolute Gasteiger partial charge is 0.244 e. The van der Waals surface area contributed by atoms with Gasteiger partial charge in [-0.25, -0.2) is 0 Å². The minimum Gasteiger partial charge on any atom is -0.495 e. The molecule has 2 aromatic carbocycles. The number of anilines is 2. The van der Waals surface area contributed by atoms with Crippen LogP contribution in [-0.2, 0) is 9.59 Å². The van der Waals surface area contributed by atoms with Crippen LogP contribution in [-0.4, -0.2) is 25.5 Å². The fourth-order valence-electron chi connectivity index (χ4n) is 2.44. The van der Waals surface area contributed by atoms with E-state index in [0.29, 0.717) is 22.1 Å². The Morgan fingerprint density at radius 1 is 1.16 bits per heavy atom. The fraction of sp³-hybridized carbons (Fsp3) is 0.263. The molecule has 0 atom stereocenters. The quantitative estimate of drug-likeness (QED) is 0.878. The molecule has 0 aliphatic rings. The van der Waals surface area contributed by atoms with Crippen LogP contribution < -0.4 is 15.0 Å². The molecule has 6 heteroatoms. The number of benzene rings is 2. The average Bonchev–Trinajstić information content (AvgIpc) is 2.55. The summed E-state index contributed by atoms with van der Waals surface area (Å²) in [6, 6.07) is 10.7. The zero-order valence-corrected chi connectivity index (χ0v) is 15.5. The van der Waals surface area contributed by atoms with E-state index in [0.717, 1.165) is 11.1 Å². The molecule has 0 radical (unpaired) electrons. The maximum absolute atomic E-state index is 12.5. The van der Waals surface area contributed by atoms with Gasteiger partial charge in [-0.15, -0.1) is 0 Å². The third-order valence-corrected chi connectivity index (χ3v) is 4.02. The van der Waals surface area contributed by atoms with E-state index in [2.05, 4.69) is 5.32 Å². The number of carbonyl (C=O) groups excluding carboxylic acids is 2. The van der Waals surface area contributed by atoms with E-state index >= 15 is 0 Å². The molecule has 0 aliphatic heterocycles. The van der Waals surface area contributed by atoms with E-state index in [1.165, 1.54) is 18.9 Å². The van der Waals surface area contributed by atoms with Crippen LogP contribution in [0.3, 0.4) is 0 Å². The average molecular weight is 361 g/mol. The highest BCUT2D eigenvalue weighted by Gasteiger charge is 2.20. The highest BCUT2D eigenvalue weighted by atomic mass is 35.5. The van der Waals surface area contributed by atoms with Crippen molar-refractivity contribution in [2.24, 2.45) is 0 Å². The van der Waals surface area contributed by atoms with Crippen LogP contribution in [0.1, 0.15) is 18.1 Å². The van der Waals surface area contributed by atoms with Crippen molar-refractivity contribution < 1.29 is 14.3 Å². The second-order valence-corrected chi connectivity index (χ2v) is 6.22. The summed E-state index contributed by atoms with van der Waals surface area (Å²) in [7, 11) is 1.53. The summed E-state index contributed by atoms with van der Waals surface area (Å²) < 4.78 is 5.32. The molecule has 2 rings (SSSR count). The second kappa shape index (κ2) is 8.03. The van der Waals surface area contributed by atoms with Gasteiger partial charge in [-0.1, -0.05) is 23.7 Å². The Morgan fingerprint density at radius 3 is 2.52 bits per heavy atom. The van der Waals surface area contributed by atoms with Crippen molar-refractivity contribution in [2.75, 3.05) is 23.9 Å². The van der Waals surface area contributed by atoms with Gasteiger partial charge in [0.05, 0.1) is 12.8 Å². The molecule has 0 unspecified atom stereocenters. The predicted molar refractivity (Wildman–Crippen MR) is 101 cm³/mol. The Hall–Kier alpha value is -2.53. The van der Waals surface area contributed by atoms with Gasteiger partial charge in [-0.3, -0.25) is 14.5 Å². The molecule has 0 fully saturated rings. The molecule has 1 N–H and O–H groups in total. The van der Waals surface area contributed by atoms with Crippen molar-refractivity contribution in [3.05, 3.63) is 52.5 Å². The van der Waals surface area contributed by atoms with E-state index in [9.17, 15) is 9.59 Å². The highest BCUT2D eigenvalue weighted by molar-refractivity contribution is 6.31. The first-order valence-electron chi connectivity index (χ1n) is 7.80. The maximum Gasteiger partial charge on any atom is 0.244 e. The number of hydrogen-bond acceptors (Lipinski definition) is 3. The van der Waals surface area contributed by atoms with Crippen LogP contribution in [0.4, 0.5) is 11.4 Å². The van der Waals surface area contributed by atoms with Crippen LogP contribution in [0.5, 0.6) is 5.75 Å². The van der Waals surface area contributed by atoms with Gasteiger partial charge < -0.3 is 10.1 Å². The maximum atomic E-state index is 12.5. The summed E-state index contributed by atoms with van der Waals surface area (Å²) >= 11 is 5.98. The molecule has 25 heavy (non-hydrogen) atoms. The second-order valence-electron chi connectivity index (χ2n) is 5.79. The molecule has 0 saturated heterocycles. The van der Waals surface area contributed by atoms with Gasteiger partial charge in [0.25, 0.3) is 0 Å². The number of amides is 2. The first-order valence-corrected chi connectivity index (χ1v) is 8.18. The lowest BCUT2D eigenvalue weighted by molar-refractivity contribution is -0.120. The lowest BCUT2D eigenvalue weighted by Crippen LogP contribution is -2.37. The summed E-state index contributed by atoms with van der Waals surface area (Å²) in [5.74, 6) is -0.0291. The fourth-order valence-corrected chi connectivity index (χ4v) is 2.61. The Morgan fingerprint density at radius 2 is 1.88 bits per heavy atom. The number of methoxy groups -OCH3 is 1. The van der Waals surface area contributed by atoms with Gasteiger partial charge in [0.15, 0.2) is 0 Å². The molecule has 0 heterocycles. The Labute approximate surface area is 152 Å². The normalized spacial score (nSPS) is 10.3. The number of hydrogen-bond donors (Lipinski definition) is 1. The van der Waals surface area contributed by atoms with Gasteiger partial charge in [-0.05, 0) is 49.2 Å². The third-order valence-electron chi connectivity index (χ3n) is 3.78. The molecular weight excluding hydrogens is 340 g/mol. The van der Waals surface area contributed by atoms with E-state index in [1.54, 1.807) is 18.2 Å². The van der Waals surface area contributed by atoms with Crippen molar-refractivity contribution in [2.45, 2.75) is 20.8 Å². The zero-order chi connectivity index (χ0) is 18.6. The predicted octanol–water partition coefficient (Wildman–Crippen LogP) is 3.96. The number of nitrogens with one attached hydrogen (secondary N) is 1. The van der Waals surface area contributed by atoms with Gasteiger partial charge in [0, 0.05) is 17.6 Å². The van der Waals surface area contributed by atoms with Crippen molar-refractivity contribution in [3.8, 4) is 5.75 Å². The van der Waals surface area contributed by atoms with Gasteiger partial charge in [0.1, 0.15) is 12.3 Å². The number of aryl methyl sites for hydroxylation is 2. The molecule has 132 valence electrons. The minimum atomic E-state index is -0.316. The van der Waals surface area contributed by atoms with Crippen LogP contribution in [0.15, 0.2) is 36.4 Å². The van der Waals surface area contributed by atoms with E-state index in [1.807, 2.05) is 32.0 Å². The van der Waals surface area contributed by atoms with Crippen LogP contribution in [0, 0.1) is 13.8 Å². The molecule has 5 nitrogen and oxygen atoms in total. The van der Waals surface area contributed by atoms with Crippen molar-refractivity contribution in [3.63, 3.8) is 0 Å². The van der Waals surface area contributed by atoms with Gasteiger partial charge in [0.2, 0.25) is 11.8 Å². The van der Waals surface area contributed by atoms with Crippen molar-refractivity contribution in [1.82, 2.24) is 0 Å². The van der Waals surface area contributed by atoms with E-state index in [-0.39, 0.29) is 18.4 Å². The molecule has 0 spiro atoms. The van der Waals surface area contributed by atoms with Crippen LogP contribution in [0.2, 0.25) is 5.02 Å². The molecule has 0 bridgehead atoms. The number of ether oxygens (including phenoxy) is 1. The summed E-state index contributed by atoms with van der Waals surface area (Å²) in [6.45, 7) is 5.08. The Balaban J connectivity index is 2.25. The van der Waals surface area contributed by atoms with E-state index in [4.69, 9.17) is 16.3 Å². The first-order chi connectivity index (χ1) is 11.8. The molecule has 0 saturated carbocycles. The number of rotatable bonds is 5. The summed E-state index contributed by atoms with van der Waals surface area (Å²) in [5.41, 5.74) is 3.04. The third kappa shape index (κ3) is 4.73. The van der Waals surface area contributed by atoms with Gasteiger partial charge >= 0.3 is 0 Å². The minimum absolute atomic E-state index is 0.124. The molecule has 2 aromatic rings. The van der Waals surface area contributed by atoms with Crippen molar-refractivity contribution in [1.29, 1.82) is 0 Å². The van der Waals surface area contributed by atoms with Crippen LogP contribution >= 0.6 is 11.6 Å². The lowest BCUT2D eigenvalue weighted by atomic mass is 10.1.